The van der Waals surface area contributed by atoms with Gasteiger partial charge in [0.25, 0.3) is 0 Å². The summed E-state index contributed by atoms with van der Waals surface area (Å²) in [6.45, 7) is 2.75. The van der Waals surface area contributed by atoms with Gasteiger partial charge in [0, 0.05) is 32.3 Å². The van der Waals surface area contributed by atoms with E-state index in [0.717, 1.165) is 19.2 Å². The Kier molecular flexibility index (Phi) is 4.41. The van der Waals surface area contributed by atoms with E-state index in [4.69, 9.17) is 0 Å². The Morgan fingerprint density at radius 2 is 1.84 bits per heavy atom. The number of ketones is 1. The maximum Gasteiger partial charge on any atom is 0.246 e. The highest BCUT2D eigenvalue weighted by molar-refractivity contribution is 6.07. The first kappa shape index (κ1) is 13.4. The van der Waals surface area contributed by atoms with Gasteiger partial charge in [0.15, 0.2) is 5.78 Å². The maximum absolute atomic E-state index is 13.4. The fraction of sp³-hybridized carbons (Fsp3) is 0.286. The molecule has 19 heavy (non-hydrogen) atoms. The zero-order valence-electron chi connectivity index (χ0n) is 10.4. The van der Waals surface area contributed by atoms with Crippen LogP contribution in [0.2, 0.25) is 0 Å². The highest BCUT2D eigenvalue weighted by Gasteiger charge is 2.14. The van der Waals surface area contributed by atoms with Crippen LogP contribution in [0.4, 0.5) is 4.39 Å². The van der Waals surface area contributed by atoms with Crippen molar-refractivity contribution in [3.63, 3.8) is 0 Å². The van der Waals surface area contributed by atoms with E-state index in [1.165, 1.54) is 24.3 Å². The van der Waals surface area contributed by atoms with Crippen molar-refractivity contribution in [1.82, 2.24) is 10.2 Å². The van der Waals surface area contributed by atoms with Gasteiger partial charge in [-0.15, -0.1) is 0 Å². The molecule has 2 rings (SSSR count). The van der Waals surface area contributed by atoms with Gasteiger partial charge < -0.3 is 10.2 Å². The molecule has 1 aromatic rings. The number of halogens is 1. The van der Waals surface area contributed by atoms with Gasteiger partial charge in [0.1, 0.15) is 5.82 Å². The second-order valence-electron chi connectivity index (χ2n) is 4.25. The van der Waals surface area contributed by atoms with Crippen LogP contribution >= 0.6 is 0 Å². The zero-order valence-corrected chi connectivity index (χ0v) is 10.4. The predicted molar refractivity (Wildman–Crippen MR) is 69.3 cm³/mol. The molecule has 0 aromatic heterocycles. The van der Waals surface area contributed by atoms with E-state index in [1.54, 1.807) is 11.0 Å². The molecule has 4 nitrogen and oxygen atoms in total. The Morgan fingerprint density at radius 1 is 1.16 bits per heavy atom. The van der Waals surface area contributed by atoms with Crippen molar-refractivity contribution in [1.29, 1.82) is 0 Å². The summed E-state index contributed by atoms with van der Waals surface area (Å²) in [5, 5.41) is 3.13. The molecule has 1 amide bonds. The van der Waals surface area contributed by atoms with Gasteiger partial charge >= 0.3 is 0 Å². The number of carbonyl (C=O) groups excluding carboxylic acids is 2. The molecule has 1 aromatic carbocycles. The molecule has 0 atom stereocenters. The summed E-state index contributed by atoms with van der Waals surface area (Å²) in [5.74, 6) is -1.29. The average molecular weight is 262 g/mol. The normalized spacial score (nSPS) is 15.7. The molecular weight excluding hydrogens is 247 g/mol. The van der Waals surface area contributed by atoms with Crippen molar-refractivity contribution in [3.05, 3.63) is 47.8 Å². The van der Waals surface area contributed by atoms with Crippen molar-refractivity contribution in [3.8, 4) is 0 Å². The summed E-state index contributed by atoms with van der Waals surface area (Å²) in [5.41, 5.74) is -0.0214. The van der Waals surface area contributed by atoms with E-state index >= 15 is 0 Å². The minimum absolute atomic E-state index is 0.0214. The number of rotatable bonds is 3. The summed E-state index contributed by atoms with van der Waals surface area (Å²) < 4.78 is 13.4. The van der Waals surface area contributed by atoms with Gasteiger partial charge in [-0.1, -0.05) is 12.1 Å². The highest BCUT2D eigenvalue weighted by Crippen LogP contribution is 2.08. The number of piperazine rings is 1. The molecule has 1 saturated heterocycles. The quantitative estimate of drug-likeness (QED) is 0.653. The van der Waals surface area contributed by atoms with Gasteiger partial charge in [-0.2, -0.15) is 0 Å². The lowest BCUT2D eigenvalue weighted by molar-refractivity contribution is -0.126. The van der Waals surface area contributed by atoms with Crippen molar-refractivity contribution < 1.29 is 14.0 Å². The van der Waals surface area contributed by atoms with E-state index in [2.05, 4.69) is 5.32 Å². The fourth-order valence-electron chi connectivity index (χ4n) is 1.89. The molecule has 100 valence electrons. The monoisotopic (exact) mass is 262 g/mol. The number of allylic oxidation sites excluding steroid dienone is 1. The Hall–Kier alpha value is -2.01. The first-order valence-electron chi connectivity index (χ1n) is 6.15. The smallest absolute Gasteiger partial charge is 0.246 e. The zero-order chi connectivity index (χ0) is 13.7. The first-order valence-corrected chi connectivity index (χ1v) is 6.15. The lowest BCUT2D eigenvalue weighted by atomic mass is 10.1. The second-order valence-corrected chi connectivity index (χ2v) is 4.25. The van der Waals surface area contributed by atoms with Gasteiger partial charge in [0.05, 0.1) is 5.56 Å². The standard InChI is InChI=1S/C14H15FN2O2/c15-12-4-2-1-3-11(12)13(18)5-6-14(19)17-9-7-16-8-10-17/h1-6,16H,7-10H2. The summed E-state index contributed by atoms with van der Waals surface area (Å²) in [7, 11) is 0. The van der Waals surface area contributed by atoms with Crippen LogP contribution in [0.15, 0.2) is 36.4 Å². The van der Waals surface area contributed by atoms with Crippen molar-refractivity contribution in [2.45, 2.75) is 0 Å². The van der Waals surface area contributed by atoms with Crippen LogP contribution < -0.4 is 5.32 Å². The number of benzene rings is 1. The second kappa shape index (κ2) is 6.24. The van der Waals surface area contributed by atoms with Gasteiger partial charge in [-0.05, 0) is 18.2 Å². The topological polar surface area (TPSA) is 49.4 Å². The first-order chi connectivity index (χ1) is 9.18. The molecule has 1 fully saturated rings. The molecule has 5 heteroatoms. The van der Waals surface area contributed by atoms with Gasteiger partial charge in [-0.3, -0.25) is 9.59 Å². The minimum Gasteiger partial charge on any atom is -0.337 e. The van der Waals surface area contributed by atoms with Crippen LogP contribution in [0.1, 0.15) is 10.4 Å². The van der Waals surface area contributed by atoms with Crippen molar-refractivity contribution >= 4 is 11.7 Å². The molecule has 0 saturated carbocycles. The highest BCUT2D eigenvalue weighted by atomic mass is 19.1. The summed E-state index contributed by atoms with van der Waals surface area (Å²) in [4.78, 5) is 25.2. The number of nitrogens with zero attached hydrogens (tertiary/aromatic N) is 1. The van der Waals surface area contributed by atoms with Crippen molar-refractivity contribution in [2.24, 2.45) is 0 Å². The molecule has 1 N–H and O–H groups in total. The predicted octanol–water partition coefficient (Wildman–Crippen LogP) is 0.996. The third-order valence-electron chi connectivity index (χ3n) is 2.95. The molecule has 0 aliphatic carbocycles. The summed E-state index contributed by atoms with van der Waals surface area (Å²) >= 11 is 0. The van der Waals surface area contributed by atoms with Crippen LogP contribution in [-0.4, -0.2) is 42.8 Å². The molecule has 0 bridgehead atoms. The fourth-order valence-corrected chi connectivity index (χ4v) is 1.89. The van der Waals surface area contributed by atoms with Crippen LogP contribution in [0, 0.1) is 5.82 Å². The maximum atomic E-state index is 13.4. The lowest BCUT2D eigenvalue weighted by Crippen LogP contribution is -2.45. The molecule has 0 spiro atoms. The molecule has 1 aliphatic heterocycles. The Bertz CT molecular complexity index is 508. The third kappa shape index (κ3) is 3.48. The number of carbonyl (C=O) groups is 2. The van der Waals surface area contributed by atoms with Crippen LogP contribution in [-0.2, 0) is 4.79 Å². The molecule has 0 unspecified atom stereocenters. The third-order valence-corrected chi connectivity index (χ3v) is 2.95. The number of nitrogens with one attached hydrogen (secondary N) is 1. The minimum atomic E-state index is -0.577. The van der Waals surface area contributed by atoms with Crippen LogP contribution in [0.25, 0.3) is 0 Å². The van der Waals surface area contributed by atoms with E-state index in [0.29, 0.717) is 13.1 Å². The molecule has 1 aliphatic rings. The largest absolute Gasteiger partial charge is 0.337 e. The number of amides is 1. The van der Waals surface area contributed by atoms with E-state index in [-0.39, 0.29) is 11.5 Å². The average Bonchev–Trinajstić information content (AvgIpc) is 2.46. The van der Waals surface area contributed by atoms with Gasteiger partial charge in [0.2, 0.25) is 5.91 Å². The SMILES string of the molecule is O=C(C=CC(=O)N1CCNCC1)c1ccccc1F. The summed E-state index contributed by atoms with van der Waals surface area (Å²) in [6.07, 6.45) is 2.34. The molecule has 1 heterocycles. The van der Waals surface area contributed by atoms with E-state index in [1.807, 2.05) is 0 Å². The van der Waals surface area contributed by atoms with E-state index in [9.17, 15) is 14.0 Å². The lowest BCUT2D eigenvalue weighted by Gasteiger charge is -2.26. The van der Waals surface area contributed by atoms with Crippen molar-refractivity contribution in [2.75, 3.05) is 26.2 Å². The Balaban J connectivity index is 2.00. The Morgan fingerprint density at radius 3 is 2.53 bits per heavy atom. The van der Waals surface area contributed by atoms with Crippen LogP contribution in [0.5, 0.6) is 0 Å². The van der Waals surface area contributed by atoms with Crippen LogP contribution in [0.3, 0.4) is 0 Å². The van der Waals surface area contributed by atoms with E-state index < -0.39 is 11.6 Å². The molecule has 0 radical (unpaired) electrons. The molecular formula is C14H15FN2O2. The van der Waals surface area contributed by atoms with Gasteiger partial charge in [-0.25, -0.2) is 4.39 Å². The number of hydrogen-bond acceptors (Lipinski definition) is 3. The Labute approximate surface area is 110 Å². The summed E-state index contributed by atoms with van der Waals surface area (Å²) in [6, 6.07) is 5.72. The number of hydrogen-bond donors (Lipinski definition) is 1.